The van der Waals surface area contributed by atoms with E-state index >= 15 is 0 Å². The number of ether oxygens (including phenoxy) is 9. The summed E-state index contributed by atoms with van der Waals surface area (Å²) in [4.78, 5) is 20.0. The van der Waals surface area contributed by atoms with Crippen LogP contribution in [0.1, 0.15) is 90.4 Å². The minimum absolute atomic E-state index is 0.0263. The van der Waals surface area contributed by atoms with Gasteiger partial charge in [0.15, 0.2) is 5.79 Å². The zero-order chi connectivity index (χ0) is 37.1. The minimum Gasteiger partial charge on any atom is -0.380 e. The predicted molar refractivity (Wildman–Crippen MR) is 193 cm³/mol. The van der Waals surface area contributed by atoms with E-state index in [0.717, 1.165) is 37.0 Å². The van der Waals surface area contributed by atoms with Crippen LogP contribution in [0.3, 0.4) is 0 Å². The van der Waals surface area contributed by atoms with Crippen molar-refractivity contribution >= 4 is 11.5 Å². The van der Waals surface area contributed by atoms with Gasteiger partial charge >= 0.3 is 0 Å². The van der Waals surface area contributed by atoms with Crippen molar-refractivity contribution in [3.63, 3.8) is 0 Å². The molecule has 0 unspecified atom stereocenters. The summed E-state index contributed by atoms with van der Waals surface area (Å²) < 4.78 is 60.5. The van der Waals surface area contributed by atoms with E-state index in [4.69, 9.17) is 53.4 Å². The molecule has 0 aromatic heterocycles. The topological polar surface area (TPSA) is 159 Å². The molecule has 12 aliphatic heterocycles. The van der Waals surface area contributed by atoms with Crippen molar-refractivity contribution in [2.75, 3.05) is 20.8 Å². The van der Waals surface area contributed by atoms with E-state index in [2.05, 4.69) is 13.5 Å². The largest absolute Gasteiger partial charge is 0.380 e. The summed E-state index contributed by atoms with van der Waals surface area (Å²) in [7, 11) is 3.37. The smallest absolute Gasteiger partial charge is 0.212 e. The van der Waals surface area contributed by atoms with Crippen LogP contribution in [0.5, 0.6) is 0 Å². The molecule has 13 rings (SSSR count). The molecule has 54 heavy (non-hydrogen) atoms. The Morgan fingerprint density at radius 1 is 0.907 bits per heavy atom. The van der Waals surface area contributed by atoms with E-state index in [9.17, 15) is 9.90 Å². The highest BCUT2D eigenvalue weighted by molar-refractivity contribution is 5.92. The number of carbonyl (C=O) groups excluding carboxylic acids is 1. The van der Waals surface area contributed by atoms with Crippen molar-refractivity contribution in [3.8, 4) is 0 Å². The Kier molecular flexibility index (Phi) is 9.50. The van der Waals surface area contributed by atoms with E-state index < -0.39 is 35.9 Å². The maximum absolute atomic E-state index is 14.2. The molecule has 13 aliphatic rings. The molecule has 10 fully saturated rings. The number of ketones is 1. The fourth-order valence-corrected chi connectivity index (χ4v) is 12.5. The molecule has 1 saturated carbocycles. The van der Waals surface area contributed by atoms with Crippen LogP contribution in [0.25, 0.3) is 0 Å². The molecule has 13 nitrogen and oxygen atoms in total. The number of hydrogen-bond acceptors (Lipinski definition) is 13. The molecular weight excluding hydrogens is 696 g/mol. The van der Waals surface area contributed by atoms with Gasteiger partial charge < -0.3 is 53.5 Å². The van der Waals surface area contributed by atoms with Gasteiger partial charge in [-0.15, -0.1) is 0 Å². The number of nitrogens with two attached hydrogens (primary N) is 1. The molecule has 0 radical (unpaired) electrons. The Balaban J connectivity index is 1.09. The molecule has 13 heteroatoms. The molecular formula is C41H60N2O11. The van der Waals surface area contributed by atoms with Crippen LogP contribution in [-0.2, 0) is 47.4 Å². The van der Waals surface area contributed by atoms with Gasteiger partial charge in [-0.3, -0.25) is 9.79 Å². The van der Waals surface area contributed by atoms with E-state index in [1.54, 1.807) is 14.2 Å². The third-order valence-corrected chi connectivity index (χ3v) is 15.2. The van der Waals surface area contributed by atoms with Gasteiger partial charge in [0.05, 0.1) is 73.2 Å². The van der Waals surface area contributed by atoms with Crippen LogP contribution >= 0.6 is 0 Å². The van der Waals surface area contributed by atoms with Gasteiger partial charge in [0.25, 0.3) is 0 Å². The normalized spacial score (nSPS) is 55.1. The molecule has 1 aliphatic carbocycles. The summed E-state index contributed by atoms with van der Waals surface area (Å²) in [6, 6.07) is 0. The summed E-state index contributed by atoms with van der Waals surface area (Å²) in [6.45, 7) is 7.02. The molecule has 9 saturated heterocycles. The second-order valence-electron chi connectivity index (χ2n) is 18.4. The summed E-state index contributed by atoms with van der Waals surface area (Å²) in [6.07, 6.45) is 4.28. The molecule has 12 heterocycles. The zero-order valence-corrected chi connectivity index (χ0v) is 32.1. The number of nitrogens with zero attached hydrogens (tertiary/aromatic N) is 1. The zero-order valence-electron chi connectivity index (χ0n) is 32.1. The van der Waals surface area contributed by atoms with Gasteiger partial charge in [0.2, 0.25) is 5.72 Å². The first-order chi connectivity index (χ1) is 26.1. The van der Waals surface area contributed by atoms with Crippen LogP contribution in [0.4, 0.5) is 0 Å². The molecule has 0 amide bonds. The first-order valence-electron chi connectivity index (χ1n) is 21.0. The highest BCUT2D eigenvalue weighted by Crippen LogP contribution is 2.63. The summed E-state index contributed by atoms with van der Waals surface area (Å²) in [5.41, 5.74) is 6.80. The van der Waals surface area contributed by atoms with Crippen molar-refractivity contribution in [1.29, 1.82) is 0 Å². The Hall–Kier alpha value is -1.36. The second kappa shape index (κ2) is 13.9. The van der Waals surface area contributed by atoms with E-state index in [0.29, 0.717) is 57.9 Å². The summed E-state index contributed by atoms with van der Waals surface area (Å²) >= 11 is 0. The molecule has 3 N–H and O–H groups in total. The van der Waals surface area contributed by atoms with Gasteiger partial charge in [-0.25, -0.2) is 0 Å². The van der Waals surface area contributed by atoms with Crippen LogP contribution in [0, 0.1) is 23.7 Å². The Bertz CT molecular complexity index is 1510. The van der Waals surface area contributed by atoms with Gasteiger partial charge in [-0.05, 0) is 56.4 Å². The molecule has 1 spiro atoms. The second-order valence-corrected chi connectivity index (χ2v) is 18.4. The van der Waals surface area contributed by atoms with Crippen molar-refractivity contribution in [2.45, 2.75) is 187 Å². The lowest BCUT2D eigenvalue weighted by Crippen LogP contribution is -2.84. The monoisotopic (exact) mass is 756 g/mol. The highest BCUT2D eigenvalue weighted by atomic mass is 16.7. The fraction of sp³-hybridized carbons (Fsp3) is 0.902. The number of Topliss-reactive ketones (excluding diaryl/α,β-unsaturated/α-hetero) is 1. The van der Waals surface area contributed by atoms with Crippen LogP contribution < -0.4 is 5.73 Å². The lowest BCUT2D eigenvalue weighted by Gasteiger charge is -2.72. The predicted octanol–water partition coefficient (Wildman–Crippen LogP) is 3.16. The summed E-state index contributed by atoms with van der Waals surface area (Å²) in [5, 5.41) is 12.5. The van der Waals surface area contributed by atoms with E-state index in [1.165, 1.54) is 0 Å². The van der Waals surface area contributed by atoms with Gasteiger partial charge in [-0.1, -0.05) is 13.5 Å². The Morgan fingerprint density at radius 3 is 2.54 bits per heavy atom. The highest BCUT2D eigenvalue weighted by Gasteiger charge is 2.76. The summed E-state index contributed by atoms with van der Waals surface area (Å²) in [5.74, 6) is -1.43. The fourth-order valence-electron chi connectivity index (χ4n) is 12.5. The number of aliphatic imine (C=N–C) groups is 1. The molecule has 300 valence electrons. The molecule has 0 aromatic rings. The van der Waals surface area contributed by atoms with Crippen molar-refractivity contribution < 1.29 is 52.5 Å². The number of rotatable bonds is 5. The van der Waals surface area contributed by atoms with Crippen molar-refractivity contribution in [2.24, 2.45) is 34.4 Å². The van der Waals surface area contributed by atoms with Crippen LogP contribution in [0.2, 0.25) is 0 Å². The third kappa shape index (κ3) is 5.96. The van der Waals surface area contributed by atoms with E-state index in [-0.39, 0.29) is 96.9 Å². The van der Waals surface area contributed by atoms with Crippen molar-refractivity contribution in [1.82, 2.24) is 0 Å². The number of carbonyl (C=O) groups is 1. The lowest BCUT2D eigenvalue weighted by atomic mass is 9.55. The number of aliphatic hydroxyl groups is 1. The number of methoxy groups -OCH3 is 2. The Morgan fingerprint density at radius 2 is 1.72 bits per heavy atom. The average Bonchev–Trinajstić information content (AvgIpc) is 3.64. The maximum Gasteiger partial charge on any atom is 0.212 e. The van der Waals surface area contributed by atoms with E-state index in [1.807, 2.05) is 0 Å². The SMILES string of the molecule is C=C1C[C@@H]2CC[C@@]3(O)C[C@H]4O[C@H]5[C@@H]6[C@@H](O[C@H]7CC[C@@H]8CC(=O)C[C@@H]9[C@@H](OC)[C@@H](C[C@@H](CN)OC)O[C@H]9C[C@H]9O[C@@H](CC[C@@H]1O2)C[C@@H](C)/C9=N/[C@@]7(O8)[C@@H]6O3)[C@@H]54. The third-order valence-electron chi connectivity index (χ3n) is 15.2. The minimum atomic E-state index is -1.47. The van der Waals surface area contributed by atoms with Gasteiger partial charge in [0, 0.05) is 82.8 Å². The lowest BCUT2D eigenvalue weighted by molar-refractivity contribution is -0.461. The first kappa shape index (κ1) is 36.9. The van der Waals surface area contributed by atoms with Crippen LogP contribution in [-0.4, -0.2) is 134 Å². The standard InChI is InChI=1S/C41H60N2O11/c1-19-11-23-9-10-40(45)17-31-33-37(51-31)34-38(33)52-32-8-6-24-13-21(44)14-26-28(50-30(36(26)47-4)15-25(18-42)46-3)16-29-35(43-41(32,53-24)39(34)54-40)20(2)12-22(49-29)5-7-27(19)48-23/h20,22-34,36-39,45H,1,5-18,42H2,2-4H3/b43-35-/t20-,22+,23+,24-,25+,26+,27+,28+,29-,30-,31-,32+,33-,34-,36-,37-,38+,39-,40+,41+/m1/s1. The van der Waals surface area contributed by atoms with Crippen molar-refractivity contribution in [3.05, 3.63) is 12.2 Å². The van der Waals surface area contributed by atoms with Gasteiger partial charge in [-0.2, -0.15) is 0 Å². The Labute approximate surface area is 318 Å². The maximum atomic E-state index is 14.2. The average molecular weight is 757 g/mol. The van der Waals surface area contributed by atoms with Gasteiger partial charge in [0.1, 0.15) is 18.0 Å². The first-order valence-corrected chi connectivity index (χ1v) is 21.0. The van der Waals surface area contributed by atoms with Crippen LogP contribution in [0.15, 0.2) is 17.1 Å². The number of hydrogen-bond donors (Lipinski definition) is 2. The molecule has 0 aromatic carbocycles. The molecule has 20 atom stereocenters. The number of fused-ring (bicyclic) bond motifs is 5. The molecule has 14 bridgehead atoms. The quantitative estimate of drug-likeness (QED) is 0.396.